The Kier molecular flexibility index (Phi) is 3.99. The van der Waals surface area contributed by atoms with E-state index in [2.05, 4.69) is 0 Å². The van der Waals surface area contributed by atoms with Gasteiger partial charge in [0, 0.05) is 5.56 Å². The van der Waals surface area contributed by atoms with Gasteiger partial charge in [-0.15, -0.1) is 0 Å². The predicted octanol–water partition coefficient (Wildman–Crippen LogP) is 3.87. The van der Waals surface area contributed by atoms with E-state index in [0.717, 1.165) is 16.1 Å². The summed E-state index contributed by atoms with van der Waals surface area (Å²) in [6.07, 6.45) is 0. The summed E-state index contributed by atoms with van der Waals surface area (Å²) >= 11 is 0. The SMILES string of the molecule is NN(C(=O)c1ccc(-c2ccccc2)cc1)c1ccccc1. The van der Waals surface area contributed by atoms with E-state index in [4.69, 9.17) is 5.84 Å². The van der Waals surface area contributed by atoms with E-state index in [0.29, 0.717) is 11.3 Å². The van der Waals surface area contributed by atoms with Crippen molar-refractivity contribution in [3.8, 4) is 11.1 Å². The maximum Gasteiger partial charge on any atom is 0.272 e. The monoisotopic (exact) mass is 288 g/mol. The molecule has 0 bridgehead atoms. The summed E-state index contributed by atoms with van der Waals surface area (Å²) in [5.74, 6) is 5.67. The van der Waals surface area contributed by atoms with Crippen LogP contribution < -0.4 is 10.9 Å². The Morgan fingerprint density at radius 1 is 0.682 bits per heavy atom. The van der Waals surface area contributed by atoms with Gasteiger partial charge in [0.15, 0.2) is 0 Å². The van der Waals surface area contributed by atoms with Gasteiger partial charge in [0.25, 0.3) is 5.91 Å². The van der Waals surface area contributed by atoms with Crippen LogP contribution in [0.5, 0.6) is 0 Å². The summed E-state index contributed by atoms with van der Waals surface area (Å²) in [6.45, 7) is 0. The lowest BCUT2D eigenvalue weighted by Gasteiger charge is -2.16. The molecule has 3 aromatic rings. The largest absolute Gasteiger partial charge is 0.272 e. The molecule has 22 heavy (non-hydrogen) atoms. The molecule has 2 N–H and O–H groups in total. The van der Waals surface area contributed by atoms with Gasteiger partial charge in [0.05, 0.1) is 5.69 Å². The predicted molar refractivity (Wildman–Crippen MR) is 89.3 cm³/mol. The molecule has 0 unspecified atom stereocenters. The summed E-state index contributed by atoms with van der Waals surface area (Å²) < 4.78 is 0. The molecule has 3 heteroatoms. The lowest BCUT2D eigenvalue weighted by molar-refractivity contribution is 0.0987. The number of carbonyl (C=O) groups is 1. The van der Waals surface area contributed by atoms with Crippen molar-refractivity contribution in [2.45, 2.75) is 0 Å². The Morgan fingerprint density at radius 2 is 1.18 bits per heavy atom. The van der Waals surface area contributed by atoms with Crippen LogP contribution in [0, 0.1) is 0 Å². The first-order valence-corrected chi connectivity index (χ1v) is 7.05. The normalized spacial score (nSPS) is 10.2. The van der Waals surface area contributed by atoms with Crippen LogP contribution in [0.2, 0.25) is 0 Å². The van der Waals surface area contributed by atoms with E-state index in [1.54, 1.807) is 24.3 Å². The van der Waals surface area contributed by atoms with Crippen LogP contribution in [0.15, 0.2) is 84.9 Å². The van der Waals surface area contributed by atoms with Gasteiger partial charge in [-0.1, -0.05) is 60.7 Å². The van der Waals surface area contributed by atoms with Crippen molar-refractivity contribution in [1.29, 1.82) is 0 Å². The van der Waals surface area contributed by atoms with Crippen molar-refractivity contribution in [2.75, 3.05) is 5.01 Å². The Hall–Kier alpha value is -2.91. The topological polar surface area (TPSA) is 46.3 Å². The Bertz CT molecular complexity index is 752. The standard InChI is InChI=1S/C19H16N2O/c20-21(18-9-5-2-6-10-18)19(22)17-13-11-16(12-14-17)15-7-3-1-4-8-15/h1-14H,20H2. The molecule has 0 aromatic heterocycles. The van der Waals surface area contributed by atoms with E-state index in [1.807, 2.05) is 60.7 Å². The Labute approximate surface area is 129 Å². The van der Waals surface area contributed by atoms with Gasteiger partial charge < -0.3 is 0 Å². The molecule has 0 saturated carbocycles. The maximum atomic E-state index is 12.4. The van der Waals surface area contributed by atoms with Crippen LogP contribution in [0.4, 0.5) is 5.69 Å². The van der Waals surface area contributed by atoms with E-state index in [-0.39, 0.29) is 5.91 Å². The highest BCUT2D eigenvalue weighted by Crippen LogP contribution is 2.20. The number of carbonyl (C=O) groups excluding carboxylic acids is 1. The van der Waals surface area contributed by atoms with E-state index in [1.165, 1.54) is 0 Å². The molecular formula is C19H16N2O. The first-order chi connectivity index (χ1) is 10.8. The molecule has 0 aliphatic heterocycles. The second-order valence-corrected chi connectivity index (χ2v) is 4.95. The number of rotatable bonds is 3. The van der Waals surface area contributed by atoms with Crippen molar-refractivity contribution in [2.24, 2.45) is 5.84 Å². The highest BCUT2D eigenvalue weighted by molar-refractivity contribution is 6.05. The summed E-state index contributed by atoms with van der Waals surface area (Å²) in [7, 11) is 0. The minimum absolute atomic E-state index is 0.231. The fraction of sp³-hybridized carbons (Fsp3) is 0. The molecule has 1 amide bonds. The van der Waals surface area contributed by atoms with Crippen LogP contribution in [0.3, 0.4) is 0 Å². The molecular weight excluding hydrogens is 272 g/mol. The number of hydrazine groups is 1. The number of nitrogens with two attached hydrogens (primary N) is 1. The second kappa shape index (κ2) is 6.24. The molecule has 3 rings (SSSR count). The highest BCUT2D eigenvalue weighted by atomic mass is 16.2. The molecule has 3 aromatic carbocycles. The van der Waals surface area contributed by atoms with E-state index < -0.39 is 0 Å². The molecule has 0 atom stereocenters. The summed E-state index contributed by atoms with van der Waals surface area (Å²) in [6, 6.07) is 26.7. The number of hydrogen-bond donors (Lipinski definition) is 1. The number of anilines is 1. The third kappa shape index (κ3) is 2.90. The lowest BCUT2D eigenvalue weighted by atomic mass is 10.0. The number of para-hydroxylation sites is 1. The van der Waals surface area contributed by atoms with Crippen LogP contribution in [0.25, 0.3) is 11.1 Å². The second-order valence-electron chi connectivity index (χ2n) is 4.95. The first kappa shape index (κ1) is 14.0. The molecule has 0 aliphatic rings. The Balaban J connectivity index is 1.82. The first-order valence-electron chi connectivity index (χ1n) is 7.05. The van der Waals surface area contributed by atoms with Crippen LogP contribution in [-0.2, 0) is 0 Å². The third-order valence-corrected chi connectivity index (χ3v) is 3.49. The summed E-state index contributed by atoms with van der Waals surface area (Å²) in [5.41, 5.74) is 3.42. The smallest absolute Gasteiger partial charge is 0.267 e. The van der Waals surface area contributed by atoms with Gasteiger partial charge in [-0.3, -0.25) is 4.79 Å². The fourth-order valence-corrected chi connectivity index (χ4v) is 2.28. The maximum absolute atomic E-state index is 12.4. The zero-order valence-electron chi connectivity index (χ0n) is 12.0. The quantitative estimate of drug-likeness (QED) is 0.452. The molecule has 0 spiro atoms. The zero-order valence-corrected chi connectivity index (χ0v) is 12.0. The molecule has 0 saturated heterocycles. The summed E-state index contributed by atoms with van der Waals surface area (Å²) in [4.78, 5) is 12.4. The van der Waals surface area contributed by atoms with Crippen molar-refractivity contribution in [3.63, 3.8) is 0 Å². The average molecular weight is 288 g/mol. The molecule has 0 radical (unpaired) electrons. The number of nitrogens with zero attached hydrogens (tertiary/aromatic N) is 1. The molecule has 0 fully saturated rings. The highest BCUT2D eigenvalue weighted by Gasteiger charge is 2.13. The van der Waals surface area contributed by atoms with Crippen molar-refractivity contribution in [3.05, 3.63) is 90.5 Å². The number of amides is 1. The van der Waals surface area contributed by atoms with Crippen LogP contribution in [-0.4, -0.2) is 5.91 Å². The number of hydrogen-bond acceptors (Lipinski definition) is 2. The van der Waals surface area contributed by atoms with E-state index in [9.17, 15) is 4.79 Å². The third-order valence-electron chi connectivity index (χ3n) is 3.49. The van der Waals surface area contributed by atoms with Crippen LogP contribution >= 0.6 is 0 Å². The minimum Gasteiger partial charge on any atom is -0.267 e. The Morgan fingerprint density at radius 3 is 1.77 bits per heavy atom. The van der Waals surface area contributed by atoms with Crippen molar-refractivity contribution in [1.82, 2.24) is 0 Å². The van der Waals surface area contributed by atoms with Gasteiger partial charge in [-0.2, -0.15) is 0 Å². The fourth-order valence-electron chi connectivity index (χ4n) is 2.28. The van der Waals surface area contributed by atoms with Gasteiger partial charge >= 0.3 is 0 Å². The van der Waals surface area contributed by atoms with E-state index >= 15 is 0 Å². The summed E-state index contributed by atoms with van der Waals surface area (Å²) in [5, 5.41) is 1.16. The van der Waals surface area contributed by atoms with Crippen LogP contribution in [0.1, 0.15) is 10.4 Å². The molecule has 108 valence electrons. The molecule has 0 heterocycles. The lowest BCUT2D eigenvalue weighted by Crippen LogP contribution is -2.37. The van der Waals surface area contributed by atoms with Gasteiger partial charge in [0.1, 0.15) is 0 Å². The minimum atomic E-state index is -0.231. The van der Waals surface area contributed by atoms with Gasteiger partial charge in [-0.05, 0) is 35.4 Å². The van der Waals surface area contributed by atoms with Gasteiger partial charge in [0.2, 0.25) is 0 Å². The van der Waals surface area contributed by atoms with Gasteiger partial charge in [-0.25, -0.2) is 10.9 Å². The molecule has 0 aliphatic carbocycles. The average Bonchev–Trinajstić information content (AvgIpc) is 2.62. The van der Waals surface area contributed by atoms with Crippen molar-refractivity contribution < 1.29 is 4.79 Å². The van der Waals surface area contributed by atoms with Crippen molar-refractivity contribution >= 4 is 11.6 Å². The zero-order chi connectivity index (χ0) is 15.4. The number of benzene rings is 3. The molecule has 3 nitrogen and oxygen atoms in total.